The second-order valence-electron chi connectivity index (χ2n) is 7.70. The highest BCUT2D eigenvalue weighted by Gasteiger charge is 2.32. The van der Waals surface area contributed by atoms with E-state index in [0.29, 0.717) is 6.54 Å². The summed E-state index contributed by atoms with van der Waals surface area (Å²) in [6, 6.07) is 8.20. The predicted molar refractivity (Wildman–Crippen MR) is 104 cm³/mol. The zero-order chi connectivity index (χ0) is 18.3. The molecule has 0 spiro atoms. The molecule has 1 aliphatic heterocycles. The van der Waals surface area contributed by atoms with Crippen LogP contribution in [0.4, 0.5) is 4.79 Å². The Kier molecular flexibility index (Phi) is 4.19. The van der Waals surface area contributed by atoms with E-state index in [1.807, 2.05) is 43.9 Å². The largest absolute Gasteiger partial charge is 0.333 e. The van der Waals surface area contributed by atoms with E-state index in [4.69, 9.17) is 4.98 Å². The molecule has 1 atom stereocenters. The van der Waals surface area contributed by atoms with Crippen molar-refractivity contribution in [2.75, 3.05) is 13.1 Å². The van der Waals surface area contributed by atoms with Crippen LogP contribution in [0.15, 0.2) is 35.8 Å². The summed E-state index contributed by atoms with van der Waals surface area (Å²) >= 11 is 1.68. The van der Waals surface area contributed by atoms with Crippen molar-refractivity contribution in [3.8, 4) is 10.7 Å². The third-order valence-corrected chi connectivity index (χ3v) is 5.35. The first-order valence-electron chi connectivity index (χ1n) is 8.86. The molecule has 3 aromatic rings. The van der Waals surface area contributed by atoms with Gasteiger partial charge in [0, 0.05) is 24.8 Å². The monoisotopic (exact) mass is 369 g/mol. The van der Waals surface area contributed by atoms with E-state index in [2.05, 4.69) is 26.3 Å². The Morgan fingerprint density at radius 3 is 2.88 bits per heavy atom. The molecule has 7 heteroatoms. The van der Waals surface area contributed by atoms with E-state index >= 15 is 0 Å². The highest BCUT2D eigenvalue weighted by Crippen LogP contribution is 2.33. The molecule has 4 rings (SSSR count). The first-order chi connectivity index (χ1) is 12.4. The second-order valence-corrected chi connectivity index (χ2v) is 8.65. The summed E-state index contributed by atoms with van der Waals surface area (Å²) in [6.45, 7) is 7.41. The molecule has 0 bridgehead atoms. The lowest BCUT2D eigenvalue weighted by molar-refractivity contribution is 0.198. The maximum atomic E-state index is 12.5. The van der Waals surface area contributed by atoms with Gasteiger partial charge in [-0.1, -0.05) is 6.07 Å². The van der Waals surface area contributed by atoms with Gasteiger partial charge in [-0.2, -0.15) is 0 Å². The molecule has 0 saturated carbocycles. The molecule has 2 amide bonds. The van der Waals surface area contributed by atoms with Gasteiger partial charge >= 0.3 is 6.03 Å². The summed E-state index contributed by atoms with van der Waals surface area (Å²) in [7, 11) is 0. The van der Waals surface area contributed by atoms with E-state index in [0.717, 1.165) is 34.8 Å². The fourth-order valence-corrected chi connectivity index (χ4v) is 4.10. The van der Waals surface area contributed by atoms with Crippen molar-refractivity contribution < 1.29 is 4.79 Å². The molecule has 26 heavy (non-hydrogen) atoms. The van der Waals surface area contributed by atoms with Crippen LogP contribution in [0.5, 0.6) is 0 Å². The maximum absolute atomic E-state index is 12.5. The van der Waals surface area contributed by atoms with Crippen LogP contribution in [0, 0.1) is 0 Å². The predicted octanol–water partition coefficient (Wildman–Crippen LogP) is 3.91. The fourth-order valence-electron chi connectivity index (χ4n) is 3.39. The van der Waals surface area contributed by atoms with E-state index in [9.17, 15) is 4.79 Å². The van der Waals surface area contributed by atoms with Gasteiger partial charge in [0.2, 0.25) is 0 Å². The van der Waals surface area contributed by atoms with Crippen molar-refractivity contribution in [3.05, 3.63) is 35.8 Å². The minimum atomic E-state index is -0.236. The molecule has 3 aromatic heterocycles. The second kappa shape index (κ2) is 6.39. The fraction of sp³-hybridized carbons (Fsp3) is 0.421. The van der Waals surface area contributed by atoms with Gasteiger partial charge in [0.05, 0.1) is 10.9 Å². The number of amides is 2. The molecular weight excluding hydrogens is 346 g/mol. The van der Waals surface area contributed by atoms with Crippen molar-refractivity contribution >= 4 is 28.5 Å². The molecule has 0 unspecified atom stereocenters. The molecule has 1 saturated heterocycles. The lowest BCUT2D eigenvalue weighted by Gasteiger charge is -2.25. The van der Waals surface area contributed by atoms with Crippen LogP contribution < -0.4 is 5.32 Å². The van der Waals surface area contributed by atoms with Crippen LogP contribution in [0.1, 0.15) is 33.2 Å². The zero-order valence-electron chi connectivity index (χ0n) is 15.3. The minimum absolute atomic E-state index is 0.00458. The Morgan fingerprint density at radius 2 is 2.15 bits per heavy atom. The summed E-state index contributed by atoms with van der Waals surface area (Å²) in [6.07, 6.45) is 2.70. The molecule has 0 radical (unpaired) electrons. The van der Waals surface area contributed by atoms with Crippen molar-refractivity contribution in [1.29, 1.82) is 0 Å². The average Bonchev–Trinajstić information content (AvgIpc) is 3.31. The van der Waals surface area contributed by atoms with E-state index < -0.39 is 0 Å². The van der Waals surface area contributed by atoms with Crippen molar-refractivity contribution in [2.45, 2.75) is 38.8 Å². The van der Waals surface area contributed by atoms with Gasteiger partial charge in [-0.05, 0) is 50.8 Å². The number of hydrogen-bond acceptors (Lipinski definition) is 4. The Morgan fingerprint density at radius 1 is 1.31 bits per heavy atom. The summed E-state index contributed by atoms with van der Waals surface area (Å²) in [5.74, 6) is 0.941. The third-order valence-electron chi connectivity index (χ3n) is 4.49. The van der Waals surface area contributed by atoms with Crippen LogP contribution in [-0.2, 0) is 0 Å². The van der Waals surface area contributed by atoms with Crippen LogP contribution in [0.2, 0.25) is 0 Å². The zero-order valence-corrected chi connectivity index (χ0v) is 16.1. The molecule has 136 valence electrons. The molecule has 1 fully saturated rings. The normalized spacial score (nSPS) is 17.8. The molecule has 4 heterocycles. The van der Waals surface area contributed by atoms with Gasteiger partial charge in [-0.3, -0.25) is 0 Å². The number of rotatable bonds is 2. The maximum Gasteiger partial charge on any atom is 0.317 e. The number of nitrogens with zero attached hydrogens (tertiary/aromatic N) is 4. The molecular formula is C19H23N5OS. The standard InChI is InChI=1S/C19H23N5OS/c1-19(2,3)22-18(25)23-10-8-13(12-23)24-16-14(6-4-9-20-16)21-17(24)15-7-5-11-26-15/h4-7,9,11,13H,8,10,12H2,1-3H3,(H,22,25)/t13-/m1/s1. The number of pyridine rings is 1. The van der Waals surface area contributed by atoms with Crippen LogP contribution in [0.3, 0.4) is 0 Å². The van der Waals surface area contributed by atoms with Gasteiger partial charge < -0.3 is 14.8 Å². The minimum Gasteiger partial charge on any atom is -0.333 e. The Balaban J connectivity index is 1.67. The topological polar surface area (TPSA) is 63.1 Å². The first kappa shape index (κ1) is 17.0. The Labute approximate surface area is 156 Å². The number of urea groups is 1. The van der Waals surface area contributed by atoms with Gasteiger partial charge in [0.15, 0.2) is 11.5 Å². The van der Waals surface area contributed by atoms with E-state index in [1.54, 1.807) is 17.5 Å². The number of thiophene rings is 1. The molecule has 1 N–H and O–H groups in total. The van der Waals surface area contributed by atoms with Gasteiger partial charge in [0.1, 0.15) is 5.52 Å². The first-order valence-corrected chi connectivity index (χ1v) is 9.74. The van der Waals surface area contributed by atoms with Crippen molar-refractivity contribution in [1.82, 2.24) is 24.8 Å². The van der Waals surface area contributed by atoms with Crippen LogP contribution in [0.25, 0.3) is 21.9 Å². The highest BCUT2D eigenvalue weighted by molar-refractivity contribution is 7.13. The quantitative estimate of drug-likeness (QED) is 0.745. The van der Waals surface area contributed by atoms with Crippen molar-refractivity contribution in [3.63, 3.8) is 0 Å². The number of hydrogen-bond donors (Lipinski definition) is 1. The number of carbonyl (C=O) groups is 1. The van der Waals surface area contributed by atoms with Crippen molar-refractivity contribution in [2.24, 2.45) is 0 Å². The highest BCUT2D eigenvalue weighted by atomic mass is 32.1. The number of fused-ring (bicyclic) bond motifs is 1. The SMILES string of the molecule is CC(C)(C)NC(=O)N1CC[C@@H](n2c(-c3cccs3)nc3cccnc32)C1. The number of aromatic nitrogens is 3. The van der Waals surface area contributed by atoms with Crippen LogP contribution in [-0.4, -0.2) is 44.1 Å². The summed E-state index contributed by atoms with van der Waals surface area (Å²) in [5.41, 5.74) is 1.55. The summed E-state index contributed by atoms with van der Waals surface area (Å²) < 4.78 is 2.21. The molecule has 0 aromatic carbocycles. The number of carbonyl (C=O) groups excluding carboxylic acids is 1. The molecule has 1 aliphatic rings. The van der Waals surface area contributed by atoms with Gasteiger partial charge in [0.25, 0.3) is 0 Å². The molecule has 6 nitrogen and oxygen atoms in total. The number of nitrogens with one attached hydrogen (secondary N) is 1. The molecule has 0 aliphatic carbocycles. The number of likely N-dealkylation sites (tertiary alicyclic amines) is 1. The van der Waals surface area contributed by atoms with Gasteiger partial charge in [-0.15, -0.1) is 11.3 Å². The average molecular weight is 369 g/mol. The van der Waals surface area contributed by atoms with Crippen LogP contribution >= 0.6 is 11.3 Å². The van der Waals surface area contributed by atoms with E-state index in [-0.39, 0.29) is 17.6 Å². The third kappa shape index (κ3) is 3.19. The number of imidazole rings is 1. The summed E-state index contributed by atoms with van der Waals surface area (Å²) in [5, 5.41) is 5.11. The lowest BCUT2D eigenvalue weighted by atomic mass is 10.1. The lowest BCUT2D eigenvalue weighted by Crippen LogP contribution is -2.47. The van der Waals surface area contributed by atoms with Gasteiger partial charge in [-0.25, -0.2) is 14.8 Å². The summed E-state index contributed by atoms with van der Waals surface area (Å²) in [4.78, 5) is 24.9. The smallest absolute Gasteiger partial charge is 0.317 e. The Hall–Kier alpha value is -2.41. The Bertz CT molecular complexity index is 925. The van der Waals surface area contributed by atoms with E-state index in [1.165, 1.54) is 0 Å².